The number of nitrogens with zero attached hydrogens (tertiary/aromatic N) is 2. The summed E-state index contributed by atoms with van der Waals surface area (Å²) in [6.45, 7) is 0. The summed E-state index contributed by atoms with van der Waals surface area (Å²) in [5.74, 6) is 0.0562. The number of nitrogens with one attached hydrogen (secondary N) is 1. The topological polar surface area (TPSA) is 73.2 Å². The zero-order chi connectivity index (χ0) is 22.9. The van der Waals surface area contributed by atoms with Crippen molar-refractivity contribution < 1.29 is 22.7 Å². The van der Waals surface area contributed by atoms with Crippen molar-refractivity contribution in [3.63, 3.8) is 0 Å². The summed E-state index contributed by atoms with van der Waals surface area (Å²) in [5.41, 5.74) is 0.187. The van der Waals surface area contributed by atoms with E-state index in [1.165, 1.54) is 18.2 Å². The first-order valence-electron chi connectivity index (χ1n) is 9.98. The van der Waals surface area contributed by atoms with Gasteiger partial charge >= 0.3 is 6.18 Å². The number of aromatic nitrogens is 2. The first-order chi connectivity index (χ1) is 15.3. The van der Waals surface area contributed by atoms with Crippen LogP contribution < -0.4 is 15.6 Å². The second-order valence-electron chi connectivity index (χ2n) is 7.58. The highest BCUT2D eigenvalue weighted by atomic mass is 19.4. The first-order valence-corrected chi connectivity index (χ1v) is 9.98. The molecule has 0 aliphatic heterocycles. The van der Waals surface area contributed by atoms with E-state index in [0.717, 1.165) is 35.2 Å². The van der Waals surface area contributed by atoms with Crippen LogP contribution in [0.3, 0.4) is 0 Å². The third kappa shape index (κ3) is 4.66. The van der Waals surface area contributed by atoms with Crippen LogP contribution in [0.4, 0.5) is 18.9 Å². The molecule has 2 aromatic carbocycles. The van der Waals surface area contributed by atoms with E-state index in [4.69, 9.17) is 4.74 Å². The van der Waals surface area contributed by atoms with Gasteiger partial charge in [0.25, 0.3) is 5.56 Å². The van der Waals surface area contributed by atoms with Crippen molar-refractivity contribution in [1.82, 2.24) is 9.78 Å². The van der Waals surface area contributed by atoms with Crippen molar-refractivity contribution in [1.29, 1.82) is 0 Å². The molecule has 1 N–H and O–H groups in total. The van der Waals surface area contributed by atoms with Crippen LogP contribution >= 0.6 is 0 Å². The molecule has 4 rings (SSSR count). The zero-order valence-electron chi connectivity index (χ0n) is 17.1. The van der Waals surface area contributed by atoms with Crippen molar-refractivity contribution >= 4 is 11.6 Å². The molecule has 1 atom stereocenters. The summed E-state index contributed by atoms with van der Waals surface area (Å²) in [5, 5.41) is 7.05. The van der Waals surface area contributed by atoms with Crippen LogP contribution in [-0.4, -0.2) is 22.8 Å². The van der Waals surface area contributed by atoms with Gasteiger partial charge in [0, 0.05) is 17.3 Å². The molecule has 1 aliphatic rings. The summed E-state index contributed by atoms with van der Waals surface area (Å²) in [7, 11) is 1.54. The number of halogens is 3. The Hall–Kier alpha value is -3.62. The van der Waals surface area contributed by atoms with E-state index >= 15 is 0 Å². The number of alkyl halides is 3. The normalized spacial score (nSPS) is 14.6. The molecule has 9 heteroatoms. The molecule has 166 valence electrons. The molecule has 1 saturated carbocycles. The van der Waals surface area contributed by atoms with Crippen molar-refractivity contribution in [2.45, 2.75) is 25.1 Å². The third-order valence-corrected chi connectivity index (χ3v) is 5.27. The number of amides is 1. The van der Waals surface area contributed by atoms with Crippen LogP contribution in [0.25, 0.3) is 11.3 Å². The fourth-order valence-electron chi connectivity index (χ4n) is 3.46. The molecule has 1 fully saturated rings. The maximum atomic E-state index is 13.0. The third-order valence-electron chi connectivity index (χ3n) is 5.27. The molecule has 0 spiro atoms. The van der Waals surface area contributed by atoms with Crippen LogP contribution in [0, 0.1) is 5.92 Å². The predicted octanol–water partition coefficient (Wildman–Crippen LogP) is 4.53. The molecule has 1 amide bonds. The van der Waals surface area contributed by atoms with E-state index in [0.29, 0.717) is 11.4 Å². The van der Waals surface area contributed by atoms with Crippen molar-refractivity contribution in [2.24, 2.45) is 5.92 Å². The molecule has 32 heavy (non-hydrogen) atoms. The fourth-order valence-corrected chi connectivity index (χ4v) is 3.46. The summed E-state index contributed by atoms with van der Waals surface area (Å²) >= 11 is 0. The number of anilines is 1. The Labute approximate surface area is 181 Å². The number of carbonyl (C=O) groups excluding carboxylic acids is 1. The molecular formula is C23H20F3N3O3. The van der Waals surface area contributed by atoms with Crippen molar-refractivity contribution in [3.8, 4) is 17.0 Å². The number of benzene rings is 2. The van der Waals surface area contributed by atoms with Crippen molar-refractivity contribution in [2.75, 3.05) is 12.4 Å². The SMILES string of the molecule is COc1cccc(-c2ccc(=O)n(C(C(=O)Nc3ccc(C(F)(F)F)cc3)C3CC3)n2)c1. The monoisotopic (exact) mass is 443 g/mol. The van der Waals surface area contributed by atoms with Crippen molar-refractivity contribution in [3.05, 3.63) is 76.6 Å². The second kappa shape index (κ2) is 8.49. The Morgan fingerprint density at radius 2 is 1.84 bits per heavy atom. The lowest BCUT2D eigenvalue weighted by molar-refractivity contribution is -0.137. The Kier molecular flexibility index (Phi) is 5.73. The quantitative estimate of drug-likeness (QED) is 0.608. The molecule has 1 aromatic heterocycles. The Bertz CT molecular complexity index is 1190. The van der Waals surface area contributed by atoms with Gasteiger partial charge in [-0.25, -0.2) is 4.68 Å². The fraction of sp³-hybridized carbons (Fsp3) is 0.261. The van der Waals surface area contributed by atoms with E-state index in [2.05, 4.69) is 10.4 Å². The highest BCUT2D eigenvalue weighted by molar-refractivity contribution is 5.94. The van der Waals surface area contributed by atoms with Crippen LogP contribution in [0.2, 0.25) is 0 Å². The molecule has 1 heterocycles. The smallest absolute Gasteiger partial charge is 0.416 e. The van der Waals surface area contributed by atoms with Gasteiger partial charge in [-0.2, -0.15) is 18.3 Å². The van der Waals surface area contributed by atoms with Gasteiger partial charge in [0.2, 0.25) is 5.91 Å². The van der Waals surface area contributed by atoms with Gasteiger partial charge in [-0.3, -0.25) is 9.59 Å². The van der Waals surface area contributed by atoms with E-state index in [9.17, 15) is 22.8 Å². The van der Waals surface area contributed by atoms with E-state index in [-0.39, 0.29) is 11.6 Å². The summed E-state index contributed by atoms with van der Waals surface area (Å²) in [4.78, 5) is 25.6. The molecule has 0 saturated heterocycles. The molecule has 6 nitrogen and oxygen atoms in total. The Morgan fingerprint density at radius 3 is 2.47 bits per heavy atom. The minimum atomic E-state index is -4.46. The molecule has 1 aliphatic carbocycles. The first kappa shape index (κ1) is 21.6. The average molecular weight is 443 g/mol. The Balaban J connectivity index is 1.62. The average Bonchev–Trinajstić information content (AvgIpc) is 3.60. The predicted molar refractivity (Wildman–Crippen MR) is 112 cm³/mol. The summed E-state index contributed by atoms with van der Waals surface area (Å²) in [6, 6.07) is 13.4. The number of ether oxygens (including phenoxy) is 1. The lowest BCUT2D eigenvalue weighted by Crippen LogP contribution is -2.36. The van der Waals surface area contributed by atoms with E-state index < -0.39 is 29.2 Å². The van der Waals surface area contributed by atoms with Crippen LogP contribution in [-0.2, 0) is 11.0 Å². The van der Waals surface area contributed by atoms with Gasteiger partial charge in [0.1, 0.15) is 11.8 Å². The number of hydrogen-bond donors (Lipinski definition) is 1. The van der Waals surface area contributed by atoms with E-state index in [1.54, 1.807) is 31.4 Å². The molecular weight excluding hydrogens is 423 g/mol. The Morgan fingerprint density at radius 1 is 1.12 bits per heavy atom. The van der Waals surface area contributed by atoms with Gasteiger partial charge < -0.3 is 10.1 Å². The summed E-state index contributed by atoms with van der Waals surface area (Å²) in [6.07, 6.45) is -2.96. The van der Waals surface area contributed by atoms with Gasteiger partial charge in [-0.1, -0.05) is 12.1 Å². The number of rotatable bonds is 6. The largest absolute Gasteiger partial charge is 0.497 e. The van der Waals surface area contributed by atoms with Gasteiger partial charge in [0.05, 0.1) is 18.4 Å². The van der Waals surface area contributed by atoms with Gasteiger partial charge in [-0.05, 0) is 61.2 Å². The highest BCUT2D eigenvalue weighted by Gasteiger charge is 2.39. The number of methoxy groups -OCH3 is 1. The number of hydrogen-bond acceptors (Lipinski definition) is 4. The standard InChI is InChI=1S/C23H20F3N3O3/c1-32-18-4-2-3-15(13-18)19-11-12-20(30)29(28-19)21(14-5-6-14)22(31)27-17-9-7-16(8-10-17)23(24,25)26/h2-4,7-14,21H,5-6H2,1H3,(H,27,31). The van der Waals surface area contributed by atoms with Crippen LogP contribution in [0.15, 0.2) is 65.5 Å². The van der Waals surface area contributed by atoms with Crippen LogP contribution in [0.1, 0.15) is 24.4 Å². The highest BCUT2D eigenvalue weighted by Crippen LogP contribution is 2.40. The maximum Gasteiger partial charge on any atom is 0.416 e. The minimum absolute atomic E-state index is 0.0739. The zero-order valence-corrected chi connectivity index (χ0v) is 17.1. The van der Waals surface area contributed by atoms with Crippen LogP contribution in [0.5, 0.6) is 5.75 Å². The lowest BCUT2D eigenvalue weighted by Gasteiger charge is -2.19. The molecule has 1 unspecified atom stereocenters. The molecule has 3 aromatic rings. The lowest BCUT2D eigenvalue weighted by atomic mass is 10.1. The van der Waals surface area contributed by atoms with Gasteiger partial charge in [0.15, 0.2) is 0 Å². The van der Waals surface area contributed by atoms with E-state index in [1.807, 2.05) is 6.07 Å². The summed E-state index contributed by atoms with van der Waals surface area (Å²) < 4.78 is 44.7. The molecule has 0 radical (unpaired) electrons. The number of carbonyl (C=O) groups is 1. The maximum absolute atomic E-state index is 13.0. The molecule has 0 bridgehead atoms. The minimum Gasteiger partial charge on any atom is -0.497 e. The van der Waals surface area contributed by atoms with Gasteiger partial charge in [-0.15, -0.1) is 0 Å². The second-order valence-corrected chi connectivity index (χ2v) is 7.58.